The molecule has 0 saturated heterocycles. The van der Waals surface area contributed by atoms with Crippen LogP contribution in [0.15, 0.2) is 48.5 Å². The second-order valence-corrected chi connectivity index (χ2v) is 4.47. The molecule has 110 valence electrons. The zero-order valence-electron chi connectivity index (χ0n) is 11.5. The van der Waals surface area contributed by atoms with E-state index in [1.54, 1.807) is 24.3 Å². The Morgan fingerprint density at radius 3 is 1.82 bits per heavy atom. The highest BCUT2D eigenvalue weighted by atomic mass is 19.1. The zero-order valence-corrected chi connectivity index (χ0v) is 11.5. The molecule has 0 atom stereocenters. The van der Waals surface area contributed by atoms with Crippen molar-refractivity contribution >= 4 is 23.2 Å². The summed E-state index contributed by atoms with van der Waals surface area (Å²) in [6.07, 6.45) is -0.364. The van der Waals surface area contributed by atoms with Crippen LogP contribution in [0.1, 0.15) is 12.0 Å². The van der Waals surface area contributed by atoms with Crippen LogP contribution in [0.5, 0.6) is 0 Å². The highest BCUT2D eigenvalue weighted by Gasteiger charge is 2.10. The van der Waals surface area contributed by atoms with E-state index in [9.17, 15) is 14.0 Å². The molecule has 2 N–H and O–H groups in total. The first-order valence-electron chi connectivity index (χ1n) is 6.42. The van der Waals surface area contributed by atoms with Gasteiger partial charge in [-0.1, -0.05) is 0 Å². The van der Waals surface area contributed by atoms with E-state index in [4.69, 9.17) is 5.26 Å². The van der Waals surface area contributed by atoms with E-state index >= 15 is 0 Å². The molecule has 2 rings (SSSR count). The number of hydrogen-bond donors (Lipinski definition) is 2. The van der Waals surface area contributed by atoms with Crippen molar-refractivity contribution in [3.05, 3.63) is 59.9 Å². The summed E-state index contributed by atoms with van der Waals surface area (Å²) >= 11 is 0. The number of nitriles is 1. The summed E-state index contributed by atoms with van der Waals surface area (Å²) in [7, 11) is 0. The summed E-state index contributed by atoms with van der Waals surface area (Å²) in [5.41, 5.74) is 1.39. The van der Waals surface area contributed by atoms with Crippen LogP contribution in [0, 0.1) is 17.1 Å². The maximum atomic E-state index is 12.7. The van der Waals surface area contributed by atoms with Crippen LogP contribution in [0.2, 0.25) is 0 Å². The minimum Gasteiger partial charge on any atom is -0.326 e. The third kappa shape index (κ3) is 4.42. The number of halogens is 1. The minimum atomic E-state index is -0.502. The first-order chi connectivity index (χ1) is 10.6. The van der Waals surface area contributed by atoms with Crippen LogP contribution in [0.25, 0.3) is 0 Å². The molecule has 0 fully saturated rings. The average molecular weight is 297 g/mol. The summed E-state index contributed by atoms with van der Waals surface area (Å²) in [5.74, 6) is -1.39. The Morgan fingerprint density at radius 1 is 0.909 bits per heavy atom. The lowest BCUT2D eigenvalue weighted by atomic mass is 10.2. The molecule has 0 unspecified atom stereocenters. The average Bonchev–Trinajstić information content (AvgIpc) is 2.50. The Kier molecular flexibility index (Phi) is 4.83. The van der Waals surface area contributed by atoms with Gasteiger partial charge < -0.3 is 10.6 Å². The number of carbonyl (C=O) groups is 2. The van der Waals surface area contributed by atoms with Crippen molar-refractivity contribution in [1.82, 2.24) is 0 Å². The second-order valence-electron chi connectivity index (χ2n) is 4.47. The maximum absolute atomic E-state index is 12.7. The van der Waals surface area contributed by atoms with Crippen molar-refractivity contribution in [3.63, 3.8) is 0 Å². The number of nitrogens with zero attached hydrogens (tertiary/aromatic N) is 1. The molecular weight excluding hydrogens is 285 g/mol. The van der Waals surface area contributed by atoms with E-state index in [1.165, 1.54) is 24.3 Å². The van der Waals surface area contributed by atoms with Crippen molar-refractivity contribution in [1.29, 1.82) is 5.26 Å². The van der Waals surface area contributed by atoms with Gasteiger partial charge in [-0.05, 0) is 48.5 Å². The zero-order chi connectivity index (χ0) is 15.9. The fourth-order valence-corrected chi connectivity index (χ4v) is 1.72. The van der Waals surface area contributed by atoms with E-state index in [-0.39, 0.29) is 6.42 Å². The molecule has 0 spiro atoms. The largest absolute Gasteiger partial charge is 0.326 e. The first-order valence-corrected chi connectivity index (χ1v) is 6.42. The van der Waals surface area contributed by atoms with Gasteiger partial charge in [0.25, 0.3) is 0 Å². The van der Waals surface area contributed by atoms with E-state index < -0.39 is 17.6 Å². The van der Waals surface area contributed by atoms with Gasteiger partial charge in [0.2, 0.25) is 11.8 Å². The summed E-state index contributed by atoms with van der Waals surface area (Å²) in [4.78, 5) is 23.4. The molecule has 0 heterocycles. The topological polar surface area (TPSA) is 82.0 Å². The Labute approximate surface area is 126 Å². The predicted octanol–water partition coefficient (Wildman–Crippen LogP) is 2.66. The van der Waals surface area contributed by atoms with Crippen molar-refractivity contribution in [2.75, 3.05) is 10.6 Å². The molecule has 5 nitrogen and oxygen atoms in total. The Bertz CT molecular complexity index is 719. The Balaban J connectivity index is 1.86. The van der Waals surface area contributed by atoms with Crippen molar-refractivity contribution in [3.8, 4) is 6.07 Å². The molecule has 0 radical (unpaired) electrons. The van der Waals surface area contributed by atoms with Crippen LogP contribution < -0.4 is 10.6 Å². The number of nitrogens with one attached hydrogen (secondary N) is 2. The van der Waals surface area contributed by atoms with Crippen molar-refractivity contribution in [2.45, 2.75) is 6.42 Å². The van der Waals surface area contributed by atoms with Crippen LogP contribution in [-0.2, 0) is 9.59 Å². The van der Waals surface area contributed by atoms with Gasteiger partial charge in [0, 0.05) is 11.4 Å². The Morgan fingerprint density at radius 2 is 1.36 bits per heavy atom. The molecule has 2 aromatic carbocycles. The fraction of sp³-hybridized carbons (Fsp3) is 0.0625. The monoisotopic (exact) mass is 297 g/mol. The molecule has 0 aliphatic rings. The fourth-order valence-electron chi connectivity index (χ4n) is 1.72. The summed E-state index contributed by atoms with van der Waals surface area (Å²) in [5, 5.41) is 13.7. The number of carbonyl (C=O) groups excluding carboxylic acids is 2. The van der Waals surface area contributed by atoms with Crippen molar-refractivity contribution < 1.29 is 14.0 Å². The van der Waals surface area contributed by atoms with Crippen LogP contribution in [-0.4, -0.2) is 11.8 Å². The van der Waals surface area contributed by atoms with E-state index in [0.29, 0.717) is 16.9 Å². The summed E-state index contributed by atoms with van der Waals surface area (Å²) in [6, 6.07) is 13.5. The van der Waals surface area contributed by atoms with Gasteiger partial charge in [-0.15, -0.1) is 0 Å². The third-order valence-corrected chi connectivity index (χ3v) is 2.75. The van der Waals surface area contributed by atoms with Gasteiger partial charge in [0.15, 0.2) is 0 Å². The standard InChI is InChI=1S/C16H12FN3O2/c17-12-3-7-14(8-4-12)20-16(22)9-15(21)19-13-5-1-11(10-18)2-6-13/h1-8H,9H2,(H,19,21)(H,20,22). The number of hydrogen-bond acceptors (Lipinski definition) is 3. The van der Waals surface area contributed by atoms with Crippen LogP contribution in [0.4, 0.5) is 15.8 Å². The number of anilines is 2. The number of rotatable bonds is 4. The van der Waals surface area contributed by atoms with E-state index in [0.717, 1.165) is 0 Å². The molecule has 2 aromatic rings. The Hall–Kier alpha value is -3.20. The normalized spacial score (nSPS) is 9.64. The summed E-state index contributed by atoms with van der Waals surface area (Å²) in [6.45, 7) is 0. The minimum absolute atomic E-state index is 0.364. The van der Waals surface area contributed by atoms with Gasteiger partial charge in [0.05, 0.1) is 11.6 Å². The number of benzene rings is 2. The molecule has 0 aromatic heterocycles. The molecule has 6 heteroatoms. The van der Waals surface area contributed by atoms with Gasteiger partial charge in [-0.2, -0.15) is 5.26 Å². The lowest BCUT2D eigenvalue weighted by molar-refractivity contribution is -0.123. The smallest absolute Gasteiger partial charge is 0.233 e. The van der Waals surface area contributed by atoms with Crippen molar-refractivity contribution in [2.24, 2.45) is 0 Å². The molecule has 22 heavy (non-hydrogen) atoms. The molecular formula is C16H12FN3O2. The quantitative estimate of drug-likeness (QED) is 0.851. The molecule has 0 saturated carbocycles. The SMILES string of the molecule is N#Cc1ccc(NC(=O)CC(=O)Nc2ccc(F)cc2)cc1. The van der Waals surface area contributed by atoms with Crippen LogP contribution in [0.3, 0.4) is 0 Å². The lowest BCUT2D eigenvalue weighted by Gasteiger charge is -2.06. The molecule has 2 amide bonds. The summed E-state index contributed by atoms with van der Waals surface area (Å²) < 4.78 is 12.7. The highest BCUT2D eigenvalue weighted by Crippen LogP contribution is 2.11. The first kappa shape index (κ1) is 15.2. The van der Waals surface area contributed by atoms with Gasteiger partial charge in [-0.3, -0.25) is 9.59 Å². The van der Waals surface area contributed by atoms with E-state index in [1.807, 2.05) is 6.07 Å². The highest BCUT2D eigenvalue weighted by molar-refractivity contribution is 6.08. The lowest BCUT2D eigenvalue weighted by Crippen LogP contribution is -2.21. The molecule has 0 aliphatic carbocycles. The van der Waals surface area contributed by atoms with Crippen LogP contribution >= 0.6 is 0 Å². The van der Waals surface area contributed by atoms with Gasteiger partial charge >= 0.3 is 0 Å². The number of amides is 2. The predicted molar refractivity (Wildman–Crippen MR) is 79.4 cm³/mol. The molecule has 0 bridgehead atoms. The van der Waals surface area contributed by atoms with E-state index in [2.05, 4.69) is 10.6 Å². The maximum Gasteiger partial charge on any atom is 0.233 e. The van der Waals surface area contributed by atoms with Gasteiger partial charge in [-0.25, -0.2) is 4.39 Å². The van der Waals surface area contributed by atoms with Gasteiger partial charge in [0.1, 0.15) is 12.2 Å². The third-order valence-electron chi connectivity index (χ3n) is 2.75. The second kappa shape index (κ2) is 6.99. The molecule has 0 aliphatic heterocycles.